The fraction of sp³-hybridized carbons (Fsp3) is 0.846. The molecule has 1 aliphatic heterocycles. The molecule has 20 heavy (non-hydrogen) atoms. The topological polar surface area (TPSA) is 83.6 Å². The third kappa shape index (κ3) is 2.82. The van der Waals surface area contributed by atoms with E-state index >= 15 is 0 Å². The van der Waals surface area contributed by atoms with Crippen LogP contribution in [-0.2, 0) is 19.4 Å². The standard InChI is InChI=1S/C13H22N2O4S/c1-9(2)14-11(16)13(5-6-13)12(17)15(3)10-4-7-20(18,19)8-10/h9-10H,4-8H2,1-3H3,(H,14,16). The first-order valence-electron chi connectivity index (χ1n) is 6.96. The van der Waals surface area contributed by atoms with E-state index in [0.29, 0.717) is 19.3 Å². The van der Waals surface area contributed by atoms with Crippen molar-refractivity contribution < 1.29 is 18.0 Å². The molecule has 2 aliphatic rings. The van der Waals surface area contributed by atoms with Gasteiger partial charge in [-0.25, -0.2) is 8.42 Å². The van der Waals surface area contributed by atoms with Gasteiger partial charge in [-0.05, 0) is 33.1 Å². The Balaban J connectivity index is 2.06. The van der Waals surface area contributed by atoms with E-state index < -0.39 is 15.3 Å². The van der Waals surface area contributed by atoms with Crippen molar-refractivity contribution >= 4 is 21.7 Å². The van der Waals surface area contributed by atoms with Gasteiger partial charge in [0.1, 0.15) is 5.41 Å². The molecule has 1 saturated heterocycles. The summed E-state index contributed by atoms with van der Waals surface area (Å²) in [4.78, 5) is 26.1. The van der Waals surface area contributed by atoms with Gasteiger partial charge < -0.3 is 10.2 Å². The molecule has 114 valence electrons. The van der Waals surface area contributed by atoms with Crippen LogP contribution in [0.25, 0.3) is 0 Å². The maximum absolute atomic E-state index is 12.5. The van der Waals surface area contributed by atoms with E-state index in [2.05, 4.69) is 5.32 Å². The van der Waals surface area contributed by atoms with Gasteiger partial charge in [-0.2, -0.15) is 0 Å². The zero-order valence-corrected chi connectivity index (χ0v) is 13.0. The number of nitrogens with zero attached hydrogens (tertiary/aromatic N) is 1. The second-order valence-electron chi connectivity index (χ2n) is 6.18. The van der Waals surface area contributed by atoms with Crippen LogP contribution >= 0.6 is 0 Å². The van der Waals surface area contributed by atoms with E-state index in [1.165, 1.54) is 4.90 Å². The lowest BCUT2D eigenvalue weighted by molar-refractivity contribution is -0.144. The highest BCUT2D eigenvalue weighted by Gasteiger charge is 2.58. The molecule has 6 nitrogen and oxygen atoms in total. The van der Waals surface area contributed by atoms with Crippen molar-refractivity contribution in [3.8, 4) is 0 Å². The summed E-state index contributed by atoms with van der Waals surface area (Å²) in [5, 5.41) is 2.78. The fourth-order valence-corrected chi connectivity index (χ4v) is 4.42. The molecule has 0 bridgehead atoms. The summed E-state index contributed by atoms with van der Waals surface area (Å²) in [5.74, 6) is -0.333. The Morgan fingerprint density at radius 3 is 2.30 bits per heavy atom. The quantitative estimate of drug-likeness (QED) is 0.737. The summed E-state index contributed by atoms with van der Waals surface area (Å²) in [5.41, 5.74) is -0.953. The van der Waals surface area contributed by atoms with Gasteiger partial charge in [0, 0.05) is 19.1 Å². The maximum atomic E-state index is 12.5. The highest BCUT2D eigenvalue weighted by atomic mass is 32.2. The molecule has 1 aliphatic carbocycles. The van der Waals surface area contributed by atoms with Crippen LogP contribution in [0.3, 0.4) is 0 Å². The number of nitrogens with one attached hydrogen (secondary N) is 1. The van der Waals surface area contributed by atoms with Gasteiger partial charge in [0.2, 0.25) is 11.8 Å². The van der Waals surface area contributed by atoms with Gasteiger partial charge in [0.05, 0.1) is 11.5 Å². The average molecular weight is 302 g/mol. The van der Waals surface area contributed by atoms with Gasteiger partial charge in [-0.3, -0.25) is 9.59 Å². The Hall–Kier alpha value is -1.11. The van der Waals surface area contributed by atoms with Crippen LogP contribution in [0.4, 0.5) is 0 Å². The summed E-state index contributed by atoms with van der Waals surface area (Å²) >= 11 is 0. The molecule has 1 saturated carbocycles. The van der Waals surface area contributed by atoms with Crippen molar-refractivity contribution in [2.24, 2.45) is 5.41 Å². The molecular weight excluding hydrogens is 280 g/mol. The smallest absolute Gasteiger partial charge is 0.238 e. The number of carbonyl (C=O) groups excluding carboxylic acids is 2. The number of hydrogen-bond acceptors (Lipinski definition) is 4. The van der Waals surface area contributed by atoms with Crippen molar-refractivity contribution in [3.63, 3.8) is 0 Å². The largest absolute Gasteiger partial charge is 0.353 e. The van der Waals surface area contributed by atoms with E-state index in [9.17, 15) is 18.0 Å². The van der Waals surface area contributed by atoms with E-state index in [1.807, 2.05) is 13.8 Å². The monoisotopic (exact) mass is 302 g/mol. The van der Waals surface area contributed by atoms with Crippen LogP contribution < -0.4 is 5.32 Å². The number of sulfone groups is 1. The molecule has 0 spiro atoms. The summed E-state index contributed by atoms with van der Waals surface area (Å²) < 4.78 is 23.0. The van der Waals surface area contributed by atoms with Crippen molar-refractivity contribution in [2.75, 3.05) is 18.6 Å². The molecule has 0 aromatic heterocycles. The van der Waals surface area contributed by atoms with E-state index in [0.717, 1.165) is 0 Å². The van der Waals surface area contributed by atoms with Gasteiger partial charge in [0.15, 0.2) is 9.84 Å². The fourth-order valence-electron chi connectivity index (χ4n) is 2.65. The lowest BCUT2D eigenvalue weighted by Crippen LogP contribution is -2.49. The average Bonchev–Trinajstić information content (AvgIpc) is 3.06. The molecule has 2 rings (SSSR count). The first-order valence-corrected chi connectivity index (χ1v) is 8.79. The summed E-state index contributed by atoms with van der Waals surface area (Å²) in [6.45, 7) is 3.71. The Bertz CT molecular complexity index is 522. The summed E-state index contributed by atoms with van der Waals surface area (Å²) in [7, 11) is -1.43. The minimum Gasteiger partial charge on any atom is -0.353 e. The predicted molar refractivity (Wildman–Crippen MR) is 74.8 cm³/mol. The first kappa shape index (κ1) is 15.3. The van der Waals surface area contributed by atoms with Gasteiger partial charge in [-0.1, -0.05) is 0 Å². The molecule has 0 aromatic rings. The molecule has 2 fully saturated rings. The van der Waals surface area contributed by atoms with Gasteiger partial charge in [0.25, 0.3) is 0 Å². The second kappa shape index (κ2) is 5.02. The van der Waals surface area contributed by atoms with E-state index in [4.69, 9.17) is 0 Å². The number of rotatable bonds is 4. The molecule has 1 heterocycles. The van der Waals surface area contributed by atoms with Crippen LogP contribution in [0.1, 0.15) is 33.1 Å². The highest BCUT2D eigenvalue weighted by molar-refractivity contribution is 7.91. The highest BCUT2D eigenvalue weighted by Crippen LogP contribution is 2.48. The molecule has 1 N–H and O–H groups in total. The molecule has 1 atom stereocenters. The lowest BCUT2D eigenvalue weighted by Gasteiger charge is -2.28. The Morgan fingerprint density at radius 1 is 1.30 bits per heavy atom. The predicted octanol–water partition coefficient (Wildman–Crippen LogP) is -0.0633. The Labute approximate surface area is 119 Å². The SMILES string of the molecule is CC(C)NC(=O)C1(C(=O)N(C)C2CCS(=O)(=O)C2)CC1. The number of carbonyl (C=O) groups is 2. The van der Waals surface area contributed by atoms with Crippen molar-refractivity contribution in [3.05, 3.63) is 0 Å². The third-order valence-corrected chi connectivity index (χ3v) is 5.84. The molecule has 1 unspecified atom stereocenters. The second-order valence-corrected chi connectivity index (χ2v) is 8.41. The minimum absolute atomic E-state index is 0.00932. The Morgan fingerprint density at radius 2 is 1.90 bits per heavy atom. The first-order chi connectivity index (χ1) is 9.18. The zero-order chi connectivity index (χ0) is 15.1. The van der Waals surface area contributed by atoms with Crippen molar-refractivity contribution in [2.45, 2.75) is 45.2 Å². The molecule has 0 radical (unpaired) electrons. The number of hydrogen-bond donors (Lipinski definition) is 1. The minimum atomic E-state index is -3.03. The van der Waals surface area contributed by atoms with E-state index in [1.54, 1.807) is 7.05 Å². The molecule has 7 heteroatoms. The van der Waals surface area contributed by atoms with Crippen LogP contribution in [0.2, 0.25) is 0 Å². The van der Waals surface area contributed by atoms with Crippen LogP contribution in [0.5, 0.6) is 0 Å². The third-order valence-electron chi connectivity index (χ3n) is 4.09. The van der Waals surface area contributed by atoms with Crippen molar-refractivity contribution in [1.82, 2.24) is 10.2 Å². The maximum Gasteiger partial charge on any atom is 0.238 e. The Kier molecular flexibility index (Phi) is 3.83. The van der Waals surface area contributed by atoms with Crippen LogP contribution in [0.15, 0.2) is 0 Å². The summed E-state index contributed by atoms with van der Waals surface area (Å²) in [6, 6.07) is -0.304. The molecule has 0 aromatic carbocycles. The van der Waals surface area contributed by atoms with Crippen LogP contribution in [-0.4, -0.2) is 55.8 Å². The number of amides is 2. The lowest BCUT2D eigenvalue weighted by atomic mass is 10.0. The van der Waals surface area contributed by atoms with Gasteiger partial charge >= 0.3 is 0 Å². The van der Waals surface area contributed by atoms with E-state index in [-0.39, 0.29) is 35.4 Å². The normalized spacial score (nSPS) is 26.3. The molecule has 2 amide bonds. The van der Waals surface area contributed by atoms with Gasteiger partial charge in [-0.15, -0.1) is 0 Å². The molecular formula is C13H22N2O4S. The van der Waals surface area contributed by atoms with Crippen molar-refractivity contribution in [1.29, 1.82) is 0 Å². The summed E-state index contributed by atoms with van der Waals surface area (Å²) in [6.07, 6.45) is 1.56. The van der Waals surface area contributed by atoms with Crippen LogP contribution in [0, 0.1) is 5.41 Å². The zero-order valence-electron chi connectivity index (χ0n) is 12.2.